The van der Waals surface area contributed by atoms with E-state index in [1.54, 1.807) is 6.07 Å². The van der Waals surface area contributed by atoms with Gasteiger partial charge in [0.2, 0.25) is 0 Å². The summed E-state index contributed by atoms with van der Waals surface area (Å²) in [6, 6.07) is 5.61. The monoisotopic (exact) mass is 174 g/mol. The zero-order chi connectivity index (χ0) is 9.42. The Balaban J connectivity index is 2.51. The van der Waals surface area contributed by atoms with Gasteiger partial charge in [0.25, 0.3) is 0 Å². The molecule has 0 spiro atoms. The van der Waals surface area contributed by atoms with Crippen LogP contribution in [-0.4, -0.2) is 17.2 Å². The third-order valence-electron chi connectivity index (χ3n) is 2.38. The minimum absolute atomic E-state index is 0.630. The fraction of sp³-hybridized carbons (Fsp3) is 0.200. The van der Waals surface area contributed by atoms with Gasteiger partial charge in [0.15, 0.2) is 0 Å². The molecule has 2 rings (SSSR count). The van der Waals surface area contributed by atoms with Crippen LogP contribution in [0.4, 0.5) is 0 Å². The van der Waals surface area contributed by atoms with E-state index in [0.29, 0.717) is 5.46 Å². The summed E-state index contributed by atoms with van der Waals surface area (Å²) in [5, 5.41) is 18.2. The molecule has 0 bridgehead atoms. The van der Waals surface area contributed by atoms with Crippen molar-refractivity contribution in [2.24, 2.45) is 0 Å². The molecular formula is C10H11BO2. The first-order chi connectivity index (χ1) is 6.18. The predicted molar refractivity (Wildman–Crippen MR) is 53.6 cm³/mol. The van der Waals surface area contributed by atoms with E-state index in [9.17, 15) is 0 Å². The van der Waals surface area contributed by atoms with Crippen LogP contribution in [0.5, 0.6) is 0 Å². The van der Waals surface area contributed by atoms with Gasteiger partial charge < -0.3 is 10.0 Å². The van der Waals surface area contributed by atoms with Gasteiger partial charge in [-0.15, -0.1) is 0 Å². The van der Waals surface area contributed by atoms with E-state index in [-0.39, 0.29) is 0 Å². The minimum atomic E-state index is -1.35. The van der Waals surface area contributed by atoms with E-state index in [2.05, 4.69) is 6.08 Å². The first kappa shape index (κ1) is 8.54. The van der Waals surface area contributed by atoms with Crippen molar-refractivity contribution in [2.45, 2.75) is 13.3 Å². The fourth-order valence-electron chi connectivity index (χ4n) is 1.80. The number of allylic oxidation sites excluding steroid dienone is 1. The summed E-state index contributed by atoms with van der Waals surface area (Å²) >= 11 is 0. The van der Waals surface area contributed by atoms with Crippen molar-refractivity contribution in [1.29, 1.82) is 0 Å². The van der Waals surface area contributed by atoms with Crippen molar-refractivity contribution < 1.29 is 10.0 Å². The molecule has 0 aromatic heterocycles. The average Bonchev–Trinajstić information content (AvgIpc) is 2.43. The molecule has 0 heterocycles. The zero-order valence-electron chi connectivity index (χ0n) is 7.49. The van der Waals surface area contributed by atoms with Gasteiger partial charge >= 0.3 is 7.12 Å². The Bertz CT molecular complexity index is 369. The van der Waals surface area contributed by atoms with E-state index in [1.807, 2.05) is 19.1 Å². The summed E-state index contributed by atoms with van der Waals surface area (Å²) in [6.45, 7) is 2.05. The molecule has 1 aromatic carbocycles. The molecule has 1 aromatic rings. The molecule has 3 heteroatoms. The smallest absolute Gasteiger partial charge is 0.423 e. The normalized spacial score (nSPS) is 13.9. The lowest BCUT2D eigenvalue weighted by molar-refractivity contribution is 0.425. The summed E-state index contributed by atoms with van der Waals surface area (Å²) in [6.07, 6.45) is 2.92. The predicted octanol–water partition coefficient (Wildman–Crippen LogP) is 0.326. The summed E-state index contributed by atoms with van der Waals surface area (Å²) in [5.74, 6) is 0. The number of benzene rings is 1. The van der Waals surface area contributed by atoms with E-state index < -0.39 is 7.12 Å². The van der Waals surface area contributed by atoms with Gasteiger partial charge in [0, 0.05) is 0 Å². The van der Waals surface area contributed by atoms with Crippen LogP contribution >= 0.6 is 0 Å². The topological polar surface area (TPSA) is 40.5 Å². The van der Waals surface area contributed by atoms with Gasteiger partial charge in [-0.3, -0.25) is 0 Å². The number of rotatable bonds is 1. The number of hydrogen-bond donors (Lipinski definition) is 2. The molecule has 0 saturated carbocycles. The highest BCUT2D eigenvalue weighted by molar-refractivity contribution is 6.59. The average molecular weight is 174 g/mol. The molecule has 0 unspecified atom stereocenters. The molecule has 0 fully saturated rings. The Labute approximate surface area is 77.7 Å². The Morgan fingerprint density at radius 2 is 2.08 bits per heavy atom. The summed E-state index contributed by atoms with van der Waals surface area (Å²) in [5.41, 5.74) is 4.06. The second kappa shape index (κ2) is 3.02. The third kappa shape index (κ3) is 1.41. The number of hydrogen-bond acceptors (Lipinski definition) is 2. The van der Waals surface area contributed by atoms with Crippen molar-refractivity contribution in [3.63, 3.8) is 0 Å². The fourth-order valence-corrected chi connectivity index (χ4v) is 1.80. The molecule has 1 aliphatic rings. The van der Waals surface area contributed by atoms with Gasteiger partial charge in [-0.05, 0) is 29.9 Å². The van der Waals surface area contributed by atoms with Gasteiger partial charge in [-0.2, -0.15) is 0 Å². The van der Waals surface area contributed by atoms with Crippen LogP contribution in [-0.2, 0) is 6.42 Å². The Kier molecular flexibility index (Phi) is 1.98. The first-order valence-electron chi connectivity index (χ1n) is 4.33. The maximum Gasteiger partial charge on any atom is 0.488 e. The Morgan fingerprint density at radius 3 is 2.77 bits per heavy atom. The molecule has 2 nitrogen and oxygen atoms in total. The molecule has 0 saturated heterocycles. The molecule has 2 N–H and O–H groups in total. The van der Waals surface area contributed by atoms with E-state index >= 15 is 0 Å². The minimum Gasteiger partial charge on any atom is -0.423 e. The van der Waals surface area contributed by atoms with Gasteiger partial charge in [0.05, 0.1) is 0 Å². The van der Waals surface area contributed by atoms with E-state index in [0.717, 1.165) is 17.5 Å². The molecule has 0 aliphatic heterocycles. The first-order valence-corrected chi connectivity index (χ1v) is 4.33. The van der Waals surface area contributed by atoms with Crippen molar-refractivity contribution >= 4 is 18.7 Å². The summed E-state index contributed by atoms with van der Waals surface area (Å²) in [4.78, 5) is 0. The van der Waals surface area contributed by atoms with Crippen LogP contribution in [0.25, 0.3) is 6.08 Å². The van der Waals surface area contributed by atoms with Crippen LogP contribution in [0.3, 0.4) is 0 Å². The Morgan fingerprint density at radius 1 is 1.31 bits per heavy atom. The highest BCUT2D eigenvalue weighted by Crippen LogP contribution is 2.22. The van der Waals surface area contributed by atoms with Gasteiger partial charge in [-0.1, -0.05) is 29.8 Å². The second-order valence-corrected chi connectivity index (χ2v) is 3.46. The van der Waals surface area contributed by atoms with Crippen molar-refractivity contribution in [2.75, 3.05) is 0 Å². The molecule has 13 heavy (non-hydrogen) atoms. The molecule has 0 atom stereocenters. The maximum absolute atomic E-state index is 9.11. The van der Waals surface area contributed by atoms with Crippen LogP contribution in [0.2, 0.25) is 0 Å². The van der Waals surface area contributed by atoms with Gasteiger partial charge in [0.1, 0.15) is 0 Å². The van der Waals surface area contributed by atoms with Crippen molar-refractivity contribution in [1.82, 2.24) is 0 Å². The lowest BCUT2D eigenvalue weighted by Gasteiger charge is -2.06. The lowest BCUT2D eigenvalue weighted by atomic mass is 9.76. The quantitative estimate of drug-likeness (QED) is 0.602. The third-order valence-corrected chi connectivity index (χ3v) is 2.38. The van der Waals surface area contributed by atoms with Crippen LogP contribution < -0.4 is 5.46 Å². The summed E-state index contributed by atoms with van der Waals surface area (Å²) in [7, 11) is -1.35. The highest BCUT2D eigenvalue weighted by Gasteiger charge is 2.20. The van der Waals surface area contributed by atoms with E-state index in [4.69, 9.17) is 10.0 Å². The van der Waals surface area contributed by atoms with Crippen LogP contribution in [0.1, 0.15) is 18.1 Å². The second-order valence-electron chi connectivity index (χ2n) is 3.46. The zero-order valence-corrected chi connectivity index (χ0v) is 7.49. The van der Waals surface area contributed by atoms with Crippen LogP contribution in [0.15, 0.2) is 23.8 Å². The largest absolute Gasteiger partial charge is 0.488 e. The highest BCUT2D eigenvalue weighted by atomic mass is 16.4. The Hall–Kier alpha value is -1.06. The SMILES string of the molecule is CC1=Cc2cccc(B(O)O)c2C1. The van der Waals surface area contributed by atoms with Gasteiger partial charge in [-0.25, -0.2) is 0 Å². The van der Waals surface area contributed by atoms with Crippen molar-refractivity contribution in [3.8, 4) is 0 Å². The van der Waals surface area contributed by atoms with Crippen LogP contribution in [0, 0.1) is 0 Å². The lowest BCUT2D eigenvalue weighted by Crippen LogP contribution is -2.33. The molecule has 0 radical (unpaired) electrons. The standard InChI is InChI=1S/C10H11BO2/c1-7-5-8-3-2-4-10(11(12)13)9(8)6-7/h2-5,12-13H,6H2,1H3. The van der Waals surface area contributed by atoms with Crippen molar-refractivity contribution in [3.05, 3.63) is 34.9 Å². The molecule has 66 valence electrons. The van der Waals surface area contributed by atoms with E-state index in [1.165, 1.54) is 5.57 Å². The maximum atomic E-state index is 9.11. The molecule has 0 amide bonds. The number of fused-ring (bicyclic) bond motifs is 1. The molecular weight excluding hydrogens is 163 g/mol. The molecule has 1 aliphatic carbocycles. The summed E-state index contributed by atoms with van der Waals surface area (Å²) < 4.78 is 0.